The molecule has 0 saturated carbocycles. The molecule has 1 aliphatic heterocycles. The zero-order valence-corrected chi connectivity index (χ0v) is 13.5. The lowest BCUT2D eigenvalue weighted by molar-refractivity contribution is -0.143. The number of amides is 1. The molecular formula is C18H22N2O3. The van der Waals surface area contributed by atoms with Gasteiger partial charge in [-0.25, -0.2) is 0 Å². The molecule has 0 bridgehead atoms. The van der Waals surface area contributed by atoms with E-state index in [-0.39, 0.29) is 11.9 Å². The molecule has 0 N–H and O–H groups in total. The molecule has 0 aromatic carbocycles. The van der Waals surface area contributed by atoms with Crippen LogP contribution in [0.15, 0.2) is 47.3 Å². The van der Waals surface area contributed by atoms with Crippen LogP contribution in [0.1, 0.15) is 38.5 Å². The van der Waals surface area contributed by atoms with Crippen molar-refractivity contribution in [1.82, 2.24) is 9.88 Å². The molecule has 5 nitrogen and oxygen atoms in total. The van der Waals surface area contributed by atoms with Crippen molar-refractivity contribution in [1.29, 1.82) is 0 Å². The molecule has 2 aromatic heterocycles. The van der Waals surface area contributed by atoms with Crippen LogP contribution in [-0.4, -0.2) is 28.4 Å². The molecular weight excluding hydrogens is 292 g/mol. The molecule has 0 unspecified atom stereocenters. The predicted octanol–water partition coefficient (Wildman–Crippen LogP) is 3.44. The maximum Gasteiger partial charge on any atom is 0.263 e. The summed E-state index contributed by atoms with van der Waals surface area (Å²) in [6.45, 7) is 4.73. The molecule has 0 radical (unpaired) electrons. The fourth-order valence-corrected chi connectivity index (χ4v) is 3.06. The third kappa shape index (κ3) is 3.55. The lowest BCUT2D eigenvalue weighted by atomic mass is 9.90. The van der Waals surface area contributed by atoms with Gasteiger partial charge in [0.2, 0.25) is 0 Å². The Labute approximate surface area is 136 Å². The van der Waals surface area contributed by atoms with E-state index >= 15 is 0 Å². The third-order valence-corrected chi connectivity index (χ3v) is 4.31. The fourth-order valence-electron chi connectivity index (χ4n) is 3.06. The lowest BCUT2D eigenvalue weighted by Crippen LogP contribution is -2.46. The van der Waals surface area contributed by atoms with Gasteiger partial charge >= 0.3 is 0 Å². The first-order chi connectivity index (χ1) is 11.1. The van der Waals surface area contributed by atoms with Gasteiger partial charge in [0, 0.05) is 12.7 Å². The molecule has 1 saturated heterocycles. The highest BCUT2D eigenvalue weighted by molar-refractivity contribution is 5.81. The molecule has 3 rings (SSSR count). The second-order valence-corrected chi connectivity index (χ2v) is 6.14. The first-order valence-corrected chi connectivity index (χ1v) is 8.05. The molecule has 23 heavy (non-hydrogen) atoms. The normalized spacial score (nSPS) is 22.6. The van der Waals surface area contributed by atoms with E-state index in [4.69, 9.17) is 9.15 Å². The van der Waals surface area contributed by atoms with E-state index in [2.05, 4.69) is 11.9 Å². The number of hydrogen-bond donors (Lipinski definition) is 0. The second-order valence-electron chi connectivity index (χ2n) is 6.14. The van der Waals surface area contributed by atoms with Crippen LogP contribution in [0, 0.1) is 5.92 Å². The van der Waals surface area contributed by atoms with Crippen molar-refractivity contribution < 1.29 is 13.9 Å². The molecule has 0 aliphatic carbocycles. The molecule has 1 aliphatic rings. The maximum atomic E-state index is 12.9. The summed E-state index contributed by atoms with van der Waals surface area (Å²) in [5.74, 6) is 2.01. The van der Waals surface area contributed by atoms with Gasteiger partial charge in [-0.15, -0.1) is 0 Å². The Balaban J connectivity index is 1.73. The van der Waals surface area contributed by atoms with E-state index in [1.54, 1.807) is 37.7 Å². The summed E-state index contributed by atoms with van der Waals surface area (Å²) in [6.07, 6.45) is 6.32. The van der Waals surface area contributed by atoms with Gasteiger partial charge in [-0.2, -0.15) is 0 Å². The molecule has 3 atom stereocenters. The molecule has 0 spiro atoms. The summed E-state index contributed by atoms with van der Waals surface area (Å²) in [5.41, 5.74) is 0. The van der Waals surface area contributed by atoms with E-state index < -0.39 is 6.10 Å². The number of likely N-dealkylation sites (tertiary alicyclic amines) is 1. The van der Waals surface area contributed by atoms with Gasteiger partial charge in [-0.05, 0) is 49.9 Å². The highest BCUT2D eigenvalue weighted by Crippen LogP contribution is 2.34. The number of rotatable bonds is 4. The van der Waals surface area contributed by atoms with Crippen LogP contribution in [-0.2, 0) is 4.79 Å². The van der Waals surface area contributed by atoms with Crippen LogP contribution < -0.4 is 4.74 Å². The first kappa shape index (κ1) is 15.6. The molecule has 2 aromatic rings. The standard InChI is InChI=1S/C18H22N2O3/c1-13-7-9-20(16(11-13)17-6-4-10-22-17)18(21)14(2)23-15-5-3-8-19-12-15/h3-6,8,10,12-14,16H,7,9,11H2,1-2H3/t13-,14-,16+/m1/s1. The zero-order chi connectivity index (χ0) is 16.2. The minimum atomic E-state index is -0.551. The number of ether oxygens (including phenoxy) is 1. The Bertz CT molecular complexity index is 627. The van der Waals surface area contributed by atoms with Crippen LogP contribution in [0.5, 0.6) is 5.75 Å². The van der Waals surface area contributed by atoms with E-state index in [0.717, 1.165) is 25.1 Å². The van der Waals surface area contributed by atoms with Gasteiger partial charge in [-0.1, -0.05) is 6.92 Å². The molecule has 1 amide bonds. The zero-order valence-electron chi connectivity index (χ0n) is 13.5. The van der Waals surface area contributed by atoms with E-state index in [1.165, 1.54) is 0 Å². The number of nitrogens with zero attached hydrogens (tertiary/aromatic N) is 2. The van der Waals surface area contributed by atoms with E-state index in [1.807, 2.05) is 17.0 Å². The monoisotopic (exact) mass is 314 g/mol. The van der Waals surface area contributed by atoms with Gasteiger partial charge in [0.05, 0.1) is 18.5 Å². The quantitative estimate of drug-likeness (QED) is 0.867. The van der Waals surface area contributed by atoms with Crippen LogP contribution in [0.4, 0.5) is 0 Å². The Morgan fingerprint density at radius 1 is 1.43 bits per heavy atom. The lowest BCUT2D eigenvalue weighted by Gasteiger charge is -2.38. The number of piperidine rings is 1. The maximum absolute atomic E-state index is 12.9. The van der Waals surface area contributed by atoms with Crippen LogP contribution >= 0.6 is 0 Å². The average Bonchev–Trinajstić information content (AvgIpc) is 3.09. The highest BCUT2D eigenvalue weighted by Gasteiger charge is 2.35. The topological polar surface area (TPSA) is 55.6 Å². The third-order valence-electron chi connectivity index (χ3n) is 4.31. The average molecular weight is 314 g/mol. The minimum absolute atomic E-state index is 0.0119. The van der Waals surface area contributed by atoms with Crippen molar-refractivity contribution in [3.05, 3.63) is 48.7 Å². The van der Waals surface area contributed by atoms with E-state index in [0.29, 0.717) is 11.7 Å². The van der Waals surface area contributed by atoms with Crippen molar-refractivity contribution in [3.8, 4) is 5.75 Å². The Kier molecular flexibility index (Phi) is 4.65. The van der Waals surface area contributed by atoms with Crippen molar-refractivity contribution in [2.45, 2.75) is 38.8 Å². The van der Waals surface area contributed by atoms with Crippen LogP contribution in [0.2, 0.25) is 0 Å². The van der Waals surface area contributed by atoms with Crippen LogP contribution in [0.3, 0.4) is 0 Å². The Morgan fingerprint density at radius 2 is 2.30 bits per heavy atom. The van der Waals surface area contributed by atoms with Gasteiger partial charge in [-0.3, -0.25) is 9.78 Å². The summed E-state index contributed by atoms with van der Waals surface area (Å²) < 4.78 is 11.3. The van der Waals surface area contributed by atoms with Crippen molar-refractivity contribution in [3.63, 3.8) is 0 Å². The SMILES string of the molecule is C[C@@H]1CCN(C(=O)[C@@H](C)Oc2cccnc2)[C@H](c2ccco2)C1. The van der Waals surface area contributed by atoms with Gasteiger partial charge in [0.15, 0.2) is 6.10 Å². The number of aromatic nitrogens is 1. The van der Waals surface area contributed by atoms with Crippen molar-refractivity contribution >= 4 is 5.91 Å². The Hall–Kier alpha value is -2.30. The summed E-state index contributed by atoms with van der Waals surface area (Å²) in [4.78, 5) is 18.8. The number of carbonyl (C=O) groups is 1. The number of pyridine rings is 1. The molecule has 1 fully saturated rings. The highest BCUT2D eigenvalue weighted by atomic mass is 16.5. The van der Waals surface area contributed by atoms with Crippen molar-refractivity contribution in [2.24, 2.45) is 5.92 Å². The minimum Gasteiger partial charge on any atom is -0.479 e. The van der Waals surface area contributed by atoms with Gasteiger partial charge < -0.3 is 14.1 Å². The van der Waals surface area contributed by atoms with Crippen LogP contribution in [0.25, 0.3) is 0 Å². The van der Waals surface area contributed by atoms with E-state index in [9.17, 15) is 4.79 Å². The number of hydrogen-bond acceptors (Lipinski definition) is 4. The molecule has 5 heteroatoms. The predicted molar refractivity (Wildman–Crippen MR) is 85.9 cm³/mol. The summed E-state index contributed by atoms with van der Waals surface area (Å²) in [6, 6.07) is 7.39. The Morgan fingerprint density at radius 3 is 3.00 bits per heavy atom. The molecule has 3 heterocycles. The number of furan rings is 1. The largest absolute Gasteiger partial charge is 0.479 e. The second kappa shape index (κ2) is 6.86. The van der Waals surface area contributed by atoms with Crippen molar-refractivity contribution in [2.75, 3.05) is 6.54 Å². The molecule has 122 valence electrons. The van der Waals surface area contributed by atoms with Gasteiger partial charge in [0.1, 0.15) is 11.5 Å². The fraction of sp³-hybridized carbons (Fsp3) is 0.444. The number of carbonyl (C=O) groups excluding carboxylic acids is 1. The summed E-state index contributed by atoms with van der Waals surface area (Å²) in [5, 5.41) is 0. The summed E-state index contributed by atoms with van der Waals surface area (Å²) >= 11 is 0. The summed E-state index contributed by atoms with van der Waals surface area (Å²) in [7, 11) is 0. The smallest absolute Gasteiger partial charge is 0.263 e. The van der Waals surface area contributed by atoms with Gasteiger partial charge in [0.25, 0.3) is 5.91 Å². The first-order valence-electron chi connectivity index (χ1n) is 8.05.